The molecule has 0 aliphatic carbocycles. The number of thioether (sulfide) groups is 1. The third-order valence-corrected chi connectivity index (χ3v) is 4.14. The lowest BCUT2D eigenvalue weighted by atomic mass is 10.1. The molecule has 0 aliphatic rings. The predicted molar refractivity (Wildman–Crippen MR) is 89.1 cm³/mol. The zero-order chi connectivity index (χ0) is 19.0. The van der Waals surface area contributed by atoms with E-state index in [9.17, 15) is 22.8 Å². The lowest BCUT2D eigenvalue weighted by molar-refractivity contribution is -0.160. The van der Waals surface area contributed by atoms with Gasteiger partial charge < -0.3 is 10.1 Å². The van der Waals surface area contributed by atoms with Crippen molar-refractivity contribution in [2.45, 2.75) is 24.3 Å². The summed E-state index contributed by atoms with van der Waals surface area (Å²) in [6.45, 7) is -1.13. The van der Waals surface area contributed by atoms with Crippen LogP contribution in [0.2, 0.25) is 0 Å². The Morgan fingerprint density at radius 3 is 2.73 bits per heavy atom. The van der Waals surface area contributed by atoms with E-state index < -0.39 is 18.9 Å². The summed E-state index contributed by atoms with van der Waals surface area (Å²) in [6, 6.07) is 9.63. The van der Waals surface area contributed by atoms with Crippen LogP contribution in [0.5, 0.6) is 0 Å². The van der Waals surface area contributed by atoms with Crippen LogP contribution in [0.4, 0.5) is 18.0 Å². The summed E-state index contributed by atoms with van der Waals surface area (Å²) in [5.41, 5.74) is 0.728. The van der Waals surface area contributed by atoms with Gasteiger partial charge in [-0.25, -0.2) is 14.7 Å². The van der Waals surface area contributed by atoms with Crippen LogP contribution in [0.25, 0.3) is 0 Å². The predicted octanol–water partition coefficient (Wildman–Crippen LogP) is 2.19. The highest BCUT2D eigenvalue weighted by Gasteiger charge is 2.29. The van der Waals surface area contributed by atoms with Crippen molar-refractivity contribution in [1.29, 1.82) is 0 Å². The van der Waals surface area contributed by atoms with Gasteiger partial charge in [0, 0.05) is 18.8 Å². The number of hydrogen-bond acceptors (Lipinski definition) is 5. The van der Waals surface area contributed by atoms with Gasteiger partial charge in [0.25, 0.3) is 0 Å². The van der Waals surface area contributed by atoms with Gasteiger partial charge in [0.15, 0.2) is 11.8 Å². The molecule has 142 valence electrons. The van der Waals surface area contributed by atoms with Crippen molar-refractivity contribution in [3.63, 3.8) is 0 Å². The fraction of sp³-hybridized carbons (Fsp3) is 0.400. The smallest absolute Gasteiger partial charge is 0.422 e. The van der Waals surface area contributed by atoms with Gasteiger partial charge in [-0.1, -0.05) is 42.1 Å². The minimum absolute atomic E-state index is 0.0705. The number of amides is 1. The van der Waals surface area contributed by atoms with Crippen molar-refractivity contribution in [1.82, 2.24) is 20.1 Å². The lowest BCUT2D eigenvalue weighted by Crippen LogP contribution is -2.30. The molecule has 1 amide bonds. The highest BCUT2D eigenvalue weighted by molar-refractivity contribution is 7.99. The van der Waals surface area contributed by atoms with Crippen molar-refractivity contribution in [2.24, 2.45) is 0 Å². The van der Waals surface area contributed by atoms with Crippen molar-refractivity contribution < 1.29 is 22.7 Å². The van der Waals surface area contributed by atoms with Gasteiger partial charge in [0.1, 0.15) is 0 Å². The second-order valence-corrected chi connectivity index (χ2v) is 6.23. The van der Waals surface area contributed by atoms with E-state index in [2.05, 4.69) is 20.3 Å². The number of halogens is 3. The van der Waals surface area contributed by atoms with E-state index in [-0.39, 0.29) is 12.2 Å². The quantitative estimate of drug-likeness (QED) is 0.533. The average molecular weight is 390 g/mol. The second kappa shape index (κ2) is 9.32. The minimum atomic E-state index is -4.56. The number of alkyl halides is 3. The van der Waals surface area contributed by atoms with E-state index in [0.29, 0.717) is 23.9 Å². The van der Waals surface area contributed by atoms with E-state index in [4.69, 9.17) is 0 Å². The van der Waals surface area contributed by atoms with Gasteiger partial charge in [-0.05, 0) is 12.0 Å². The molecule has 0 radical (unpaired) electrons. The number of carbonyl (C=O) groups is 1. The Balaban J connectivity index is 1.76. The SMILES string of the molecule is O=C(NCCSc1n[nH]c(=O)n1CCc1ccccc1)OCC(F)(F)F. The minimum Gasteiger partial charge on any atom is -0.440 e. The number of rotatable bonds is 8. The molecule has 7 nitrogen and oxygen atoms in total. The Morgan fingerprint density at radius 1 is 1.31 bits per heavy atom. The number of hydrogen-bond donors (Lipinski definition) is 2. The van der Waals surface area contributed by atoms with Crippen LogP contribution in [-0.2, 0) is 17.7 Å². The van der Waals surface area contributed by atoms with Crippen LogP contribution >= 0.6 is 11.8 Å². The first kappa shape index (κ1) is 19.9. The number of carbonyl (C=O) groups excluding carboxylic acids is 1. The summed E-state index contributed by atoms with van der Waals surface area (Å²) >= 11 is 1.20. The maximum Gasteiger partial charge on any atom is 0.422 e. The zero-order valence-corrected chi connectivity index (χ0v) is 14.4. The standard InChI is InChI=1S/C15H17F3N4O3S/c16-15(17,18)10-25-14(24)19-7-9-26-13-21-20-12(23)22(13)8-6-11-4-2-1-3-5-11/h1-5H,6-10H2,(H,19,24)(H,20,23). The number of ether oxygens (including phenoxy) is 1. The van der Waals surface area contributed by atoms with Crippen LogP contribution in [0, 0.1) is 0 Å². The number of aryl methyl sites for hydroxylation is 1. The largest absolute Gasteiger partial charge is 0.440 e. The van der Waals surface area contributed by atoms with Crippen LogP contribution in [0.3, 0.4) is 0 Å². The van der Waals surface area contributed by atoms with E-state index in [1.807, 2.05) is 30.3 Å². The molecule has 0 atom stereocenters. The van der Waals surface area contributed by atoms with E-state index in [1.165, 1.54) is 16.3 Å². The summed E-state index contributed by atoms with van der Waals surface area (Å²) in [7, 11) is 0. The normalized spacial score (nSPS) is 11.3. The molecule has 1 aromatic heterocycles. The monoisotopic (exact) mass is 390 g/mol. The van der Waals surface area contributed by atoms with E-state index in [1.54, 1.807) is 0 Å². The lowest BCUT2D eigenvalue weighted by Gasteiger charge is -2.09. The van der Waals surface area contributed by atoms with Crippen LogP contribution in [-0.4, -0.2) is 45.9 Å². The number of H-pyrrole nitrogens is 1. The second-order valence-electron chi connectivity index (χ2n) is 5.17. The Morgan fingerprint density at radius 2 is 2.04 bits per heavy atom. The van der Waals surface area contributed by atoms with Gasteiger partial charge >= 0.3 is 18.0 Å². The summed E-state index contributed by atoms with van der Waals surface area (Å²) < 4.78 is 41.2. The number of nitrogens with one attached hydrogen (secondary N) is 2. The molecule has 0 spiro atoms. The summed E-state index contributed by atoms with van der Waals surface area (Å²) in [5.74, 6) is 0.316. The summed E-state index contributed by atoms with van der Waals surface area (Å²) in [5, 5.41) is 8.91. The van der Waals surface area contributed by atoms with Crippen LogP contribution in [0.1, 0.15) is 5.56 Å². The maximum absolute atomic E-state index is 11.9. The Bertz CT molecular complexity index is 761. The molecule has 0 aliphatic heterocycles. The van der Waals surface area contributed by atoms with Crippen molar-refractivity contribution >= 4 is 17.9 Å². The van der Waals surface area contributed by atoms with Crippen molar-refractivity contribution in [2.75, 3.05) is 18.9 Å². The van der Waals surface area contributed by atoms with Crippen LogP contribution in [0.15, 0.2) is 40.3 Å². The van der Waals surface area contributed by atoms with Gasteiger partial charge in [-0.2, -0.15) is 13.2 Å². The van der Waals surface area contributed by atoms with Gasteiger partial charge in [0.05, 0.1) is 0 Å². The number of nitrogens with zero attached hydrogens (tertiary/aromatic N) is 2. The average Bonchev–Trinajstić information content (AvgIpc) is 2.95. The van der Waals surface area contributed by atoms with Crippen LogP contribution < -0.4 is 11.0 Å². The number of benzene rings is 1. The molecule has 0 saturated heterocycles. The molecule has 26 heavy (non-hydrogen) atoms. The first-order valence-electron chi connectivity index (χ1n) is 7.64. The highest BCUT2D eigenvalue weighted by atomic mass is 32.2. The van der Waals surface area contributed by atoms with E-state index >= 15 is 0 Å². The molecule has 1 heterocycles. The summed E-state index contributed by atoms with van der Waals surface area (Å²) in [4.78, 5) is 22.9. The number of alkyl carbamates (subject to hydrolysis) is 1. The number of aromatic nitrogens is 3. The molecule has 0 bridgehead atoms. The summed E-state index contributed by atoms with van der Waals surface area (Å²) in [6.07, 6.45) is -5.06. The van der Waals surface area contributed by atoms with Gasteiger partial charge in [-0.15, -0.1) is 5.10 Å². The Kier molecular flexibility index (Phi) is 7.13. The first-order chi connectivity index (χ1) is 12.3. The molecule has 11 heteroatoms. The molecule has 0 fully saturated rings. The fourth-order valence-corrected chi connectivity index (χ4v) is 2.82. The topological polar surface area (TPSA) is 89.0 Å². The molecular formula is C15H17F3N4O3S. The number of aromatic amines is 1. The molecule has 2 N–H and O–H groups in total. The third-order valence-electron chi connectivity index (χ3n) is 3.16. The van der Waals surface area contributed by atoms with Gasteiger partial charge in [0.2, 0.25) is 0 Å². The maximum atomic E-state index is 11.9. The molecule has 0 saturated carbocycles. The molecule has 2 rings (SSSR count). The van der Waals surface area contributed by atoms with Crippen molar-refractivity contribution in [3.05, 3.63) is 46.4 Å². The Labute approximate surface area is 150 Å². The molecule has 0 unspecified atom stereocenters. The zero-order valence-electron chi connectivity index (χ0n) is 13.6. The molecule has 2 aromatic rings. The fourth-order valence-electron chi connectivity index (χ4n) is 1.99. The molecule has 1 aromatic carbocycles. The van der Waals surface area contributed by atoms with Crippen molar-refractivity contribution in [3.8, 4) is 0 Å². The first-order valence-corrected chi connectivity index (χ1v) is 8.63. The third kappa shape index (κ3) is 6.82. The highest BCUT2D eigenvalue weighted by Crippen LogP contribution is 2.15. The Hall–Kier alpha value is -2.43. The van der Waals surface area contributed by atoms with E-state index in [0.717, 1.165) is 5.56 Å². The van der Waals surface area contributed by atoms with Gasteiger partial charge in [-0.3, -0.25) is 4.57 Å². The molecular weight excluding hydrogens is 373 g/mol.